The van der Waals surface area contributed by atoms with E-state index in [1.54, 1.807) is 6.26 Å². The Morgan fingerprint density at radius 1 is 1.69 bits per heavy atom. The summed E-state index contributed by atoms with van der Waals surface area (Å²) in [5.74, 6) is 0.928. The van der Waals surface area contributed by atoms with Crippen LogP contribution >= 0.6 is 0 Å². The zero-order valence-corrected chi connectivity index (χ0v) is 8.24. The van der Waals surface area contributed by atoms with Crippen molar-refractivity contribution >= 4 is 0 Å². The first-order valence-corrected chi connectivity index (χ1v) is 4.28. The Labute approximate surface area is 78.6 Å². The van der Waals surface area contributed by atoms with Crippen molar-refractivity contribution < 1.29 is 4.42 Å². The molecule has 1 aromatic heterocycles. The Morgan fingerprint density at radius 2 is 2.38 bits per heavy atom. The topological polar surface area (TPSA) is 40.2 Å². The first kappa shape index (κ1) is 9.82. The third-order valence-electron chi connectivity index (χ3n) is 2.23. The molecule has 3 nitrogen and oxygen atoms in total. The summed E-state index contributed by atoms with van der Waals surface area (Å²) >= 11 is 0. The molecule has 0 saturated carbocycles. The van der Waals surface area contributed by atoms with Gasteiger partial charge in [-0.25, -0.2) is 0 Å². The van der Waals surface area contributed by atoms with Gasteiger partial charge in [0.1, 0.15) is 5.76 Å². The largest absolute Gasteiger partial charge is 0.469 e. The van der Waals surface area contributed by atoms with Crippen LogP contribution in [0.25, 0.3) is 0 Å². The smallest absolute Gasteiger partial charge is 0.105 e. The molecule has 70 valence electrons. The highest BCUT2D eigenvalue weighted by Gasteiger charge is 2.10. The van der Waals surface area contributed by atoms with Crippen LogP contribution in [0.4, 0.5) is 0 Å². The van der Waals surface area contributed by atoms with Gasteiger partial charge in [0.15, 0.2) is 0 Å². The lowest BCUT2D eigenvalue weighted by Crippen LogP contribution is -2.27. The lowest BCUT2D eigenvalue weighted by atomic mass is 10.2. The molecule has 0 aromatic carbocycles. The fraction of sp³-hybridized carbons (Fsp3) is 0.500. The molecule has 0 aliphatic rings. The summed E-state index contributed by atoms with van der Waals surface area (Å²) < 4.78 is 5.17. The number of nitriles is 1. The second kappa shape index (κ2) is 4.11. The van der Waals surface area contributed by atoms with Crippen LogP contribution in [0.3, 0.4) is 0 Å². The lowest BCUT2D eigenvalue weighted by Gasteiger charge is -2.17. The van der Waals surface area contributed by atoms with E-state index in [4.69, 9.17) is 9.68 Å². The van der Waals surface area contributed by atoms with Gasteiger partial charge in [0, 0.05) is 12.1 Å². The summed E-state index contributed by atoms with van der Waals surface area (Å²) in [7, 11) is 1.93. The van der Waals surface area contributed by atoms with Gasteiger partial charge in [-0.3, -0.25) is 4.90 Å². The molecule has 0 fully saturated rings. The zero-order chi connectivity index (χ0) is 9.84. The van der Waals surface area contributed by atoms with Crippen LogP contribution in [0, 0.1) is 18.3 Å². The molecule has 0 radical (unpaired) electrons. The summed E-state index contributed by atoms with van der Waals surface area (Å²) in [6, 6.07) is 4.07. The van der Waals surface area contributed by atoms with E-state index < -0.39 is 0 Å². The van der Waals surface area contributed by atoms with E-state index in [1.807, 2.05) is 31.9 Å². The van der Waals surface area contributed by atoms with Crippen molar-refractivity contribution in [2.75, 3.05) is 7.05 Å². The van der Waals surface area contributed by atoms with Gasteiger partial charge < -0.3 is 4.42 Å². The van der Waals surface area contributed by atoms with E-state index in [2.05, 4.69) is 6.07 Å². The van der Waals surface area contributed by atoms with Gasteiger partial charge in [-0.1, -0.05) is 0 Å². The fourth-order valence-electron chi connectivity index (χ4n) is 1.08. The molecule has 3 heteroatoms. The van der Waals surface area contributed by atoms with Crippen molar-refractivity contribution in [2.45, 2.75) is 26.4 Å². The highest BCUT2D eigenvalue weighted by Crippen LogP contribution is 2.11. The van der Waals surface area contributed by atoms with Crippen molar-refractivity contribution in [3.05, 3.63) is 23.7 Å². The Balaban J connectivity index is 2.60. The molecular weight excluding hydrogens is 164 g/mol. The Hall–Kier alpha value is -1.27. The standard InChI is InChI=1S/C10H14N2O/c1-8(6-11)12(3)7-10-4-5-13-9(10)2/h4-5,8H,7H2,1-3H3. The van der Waals surface area contributed by atoms with Crippen LogP contribution < -0.4 is 0 Å². The number of furan rings is 1. The monoisotopic (exact) mass is 178 g/mol. The molecule has 0 N–H and O–H groups in total. The number of hydrogen-bond acceptors (Lipinski definition) is 3. The molecule has 1 atom stereocenters. The van der Waals surface area contributed by atoms with Crippen LogP contribution in [0.1, 0.15) is 18.2 Å². The maximum atomic E-state index is 8.69. The molecule has 1 unspecified atom stereocenters. The predicted octanol–water partition coefficient (Wildman–Crippen LogP) is 1.93. The summed E-state index contributed by atoms with van der Waals surface area (Å²) in [5, 5.41) is 8.69. The first-order chi connectivity index (χ1) is 6.15. The summed E-state index contributed by atoms with van der Waals surface area (Å²) in [4.78, 5) is 1.98. The van der Waals surface area contributed by atoms with Crippen LogP contribution in [0.15, 0.2) is 16.7 Å². The second-order valence-corrected chi connectivity index (χ2v) is 3.22. The molecule has 0 aliphatic heterocycles. The molecule has 0 amide bonds. The van der Waals surface area contributed by atoms with Crippen molar-refractivity contribution in [2.24, 2.45) is 0 Å². The minimum absolute atomic E-state index is 0.0608. The van der Waals surface area contributed by atoms with Gasteiger partial charge in [0.05, 0.1) is 18.4 Å². The molecule has 0 aliphatic carbocycles. The van der Waals surface area contributed by atoms with Gasteiger partial charge in [0.2, 0.25) is 0 Å². The van der Waals surface area contributed by atoms with Gasteiger partial charge in [-0.15, -0.1) is 0 Å². The van der Waals surface area contributed by atoms with Crippen LogP contribution in [-0.2, 0) is 6.54 Å². The summed E-state index contributed by atoms with van der Waals surface area (Å²) in [6.07, 6.45) is 1.68. The molecule has 1 heterocycles. The summed E-state index contributed by atoms with van der Waals surface area (Å²) in [5.41, 5.74) is 1.14. The Kier molecular flexibility index (Phi) is 3.10. The second-order valence-electron chi connectivity index (χ2n) is 3.22. The van der Waals surface area contributed by atoms with E-state index in [9.17, 15) is 0 Å². The van der Waals surface area contributed by atoms with E-state index in [0.29, 0.717) is 0 Å². The van der Waals surface area contributed by atoms with Gasteiger partial charge in [-0.05, 0) is 27.0 Å². The van der Waals surface area contributed by atoms with Crippen molar-refractivity contribution in [1.29, 1.82) is 5.26 Å². The van der Waals surface area contributed by atoms with Crippen molar-refractivity contribution in [3.63, 3.8) is 0 Å². The third kappa shape index (κ3) is 2.33. The average Bonchev–Trinajstić information content (AvgIpc) is 2.50. The minimum atomic E-state index is -0.0608. The van der Waals surface area contributed by atoms with E-state index >= 15 is 0 Å². The van der Waals surface area contributed by atoms with Crippen molar-refractivity contribution in [1.82, 2.24) is 4.90 Å². The van der Waals surface area contributed by atoms with E-state index in [1.165, 1.54) is 0 Å². The molecular formula is C10H14N2O. The lowest BCUT2D eigenvalue weighted by molar-refractivity contribution is 0.292. The first-order valence-electron chi connectivity index (χ1n) is 4.28. The number of nitrogens with zero attached hydrogens (tertiary/aromatic N) is 2. The average molecular weight is 178 g/mol. The third-order valence-corrected chi connectivity index (χ3v) is 2.23. The normalized spacial score (nSPS) is 12.8. The molecule has 1 rings (SSSR count). The van der Waals surface area contributed by atoms with E-state index in [0.717, 1.165) is 17.9 Å². The van der Waals surface area contributed by atoms with E-state index in [-0.39, 0.29) is 6.04 Å². The predicted molar refractivity (Wildman–Crippen MR) is 50.0 cm³/mol. The van der Waals surface area contributed by atoms with Gasteiger partial charge in [0.25, 0.3) is 0 Å². The number of hydrogen-bond donors (Lipinski definition) is 0. The van der Waals surface area contributed by atoms with Crippen LogP contribution in [0.5, 0.6) is 0 Å². The maximum Gasteiger partial charge on any atom is 0.105 e. The van der Waals surface area contributed by atoms with Crippen molar-refractivity contribution in [3.8, 4) is 6.07 Å². The molecule has 0 saturated heterocycles. The van der Waals surface area contributed by atoms with Crippen LogP contribution in [0.2, 0.25) is 0 Å². The minimum Gasteiger partial charge on any atom is -0.469 e. The number of rotatable bonds is 3. The molecule has 13 heavy (non-hydrogen) atoms. The van der Waals surface area contributed by atoms with Gasteiger partial charge in [-0.2, -0.15) is 5.26 Å². The van der Waals surface area contributed by atoms with Crippen LogP contribution in [-0.4, -0.2) is 18.0 Å². The zero-order valence-electron chi connectivity index (χ0n) is 8.24. The SMILES string of the molecule is Cc1occc1CN(C)C(C)C#N. The molecule has 0 bridgehead atoms. The fourth-order valence-corrected chi connectivity index (χ4v) is 1.08. The summed E-state index contributed by atoms with van der Waals surface area (Å²) in [6.45, 7) is 4.58. The highest BCUT2D eigenvalue weighted by molar-refractivity contribution is 5.15. The highest BCUT2D eigenvalue weighted by atomic mass is 16.3. The molecule has 0 spiro atoms. The Bertz CT molecular complexity index is 311. The Morgan fingerprint density at radius 3 is 2.85 bits per heavy atom. The maximum absolute atomic E-state index is 8.69. The number of aryl methyl sites for hydroxylation is 1. The quantitative estimate of drug-likeness (QED) is 0.710. The van der Waals surface area contributed by atoms with Gasteiger partial charge >= 0.3 is 0 Å². The molecule has 1 aromatic rings.